The summed E-state index contributed by atoms with van der Waals surface area (Å²) in [5.41, 5.74) is 2.38. The van der Waals surface area contributed by atoms with Crippen LogP contribution in [0.1, 0.15) is 24.5 Å². The van der Waals surface area contributed by atoms with Gasteiger partial charge in [0.1, 0.15) is 0 Å². The van der Waals surface area contributed by atoms with Crippen molar-refractivity contribution in [3.8, 4) is 0 Å². The largest absolute Gasteiger partial charge is 0.235 e. The molecule has 1 rings (SSSR count). The molecule has 0 aromatic heterocycles. The maximum atomic E-state index is 9.90. The van der Waals surface area contributed by atoms with E-state index in [1.54, 1.807) is 6.08 Å². The van der Waals surface area contributed by atoms with Gasteiger partial charge < -0.3 is 0 Å². The Morgan fingerprint density at radius 2 is 2.15 bits per heavy atom. The van der Waals surface area contributed by atoms with Crippen LogP contribution in [0.2, 0.25) is 0 Å². The Hall–Kier alpha value is -1.40. The molecule has 0 radical (unpaired) electrons. The molecule has 0 unspecified atom stereocenters. The number of isocyanates is 1. The highest BCUT2D eigenvalue weighted by atomic mass is 16.1. The van der Waals surface area contributed by atoms with Crippen molar-refractivity contribution in [3.05, 3.63) is 35.4 Å². The molecule has 0 aliphatic heterocycles. The van der Waals surface area contributed by atoms with E-state index in [2.05, 4.69) is 24.0 Å². The predicted molar refractivity (Wildman–Crippen MR) is 52.3 cm³/mol. The average molecular weight is 175 g/mol. The van der Waals surface area contributed by atoms with Gasteiger partial charge in [0.25, 0.3) is 0 Å². The van der Waals surface area contributed by atoms with Crippen LogP contribution in [0.25, 0.3) is 0 Å². The molecule has 68 valence electrons. The molecule has 0 atom stereocenters. The van der Waals surface area contributed by atoms with Gasteiger partial charge in [-0.15, -0.1) is 0 Å². The Kier molecular flexibility index (Phi) is 3.94. The Morgan fingerprint density at radius 1 is 1.38 bits per heavy atom. The van der Waals surface area contributed by atoms with Crippen LogP contribution < -0.4 is 0 Å². The standard InChI is InChI=1S/C11H13NO/c1-2-4-10-5-3-6-11(7-10)8-12-9-13/h3,5-7H,2,4,8H2,1H3. The van der Waals surface area contributed by atoms with Gasteiger partial charge in [-0.3, -0.25) is 0 Å². The quantitative estimate of drug-likeness (QED) is 0.510. The molecule has 1 aromatic carbocycles. The van der Waals surface area contributed by atoms with Crippen molar-refractivity contribution < 1.29 is 4.79 Å². The Morgan fingerprint density at radius 3 is 2.85 bits per heavy atom. The maximum Gasteiger partial charge on any atom is 0.235 e. The van der Waals surface area contributed by atoms with Crippen LogP contribution in [0.3, 0.4) is 0 Å². The normalized spacial score (nSPS) is 9.31. The highest BCUT2D eigenvalue weighted by Gasteiger charge is 1.93. The zero-order valence-electron chi connectivity index (χ0n) is 7.79. The number of carbonyl (C=O) groups excluding carboxylic acids is 1. The highest BCUT2D eigenvalue weighted by Crippen LogP contribution is 2.08. The second-order valence-corrected chi connectivity index (χ2v) is 2.98. The first-order chi connectivity index (χ1) is 6.36. The molecule has 13 heavy (non-hydrogen) atoms. The van der Waals surface area contributed by atoms with Crippen LogP contribution in [0.15, 0.2) is 29.3 Å². The molecule has 0 N–H and O–H groups in total. The first-order valence-corrected chi connectivity index (χ1v) is 4.48. The molecule has 2 heteroatoms. The van der Waals surface area contributed by atoms with Crippen molar-refractivity contribution in [2.45, 2.75) is 26.3 Å². The minimum atomic E-state index is 0.445. The molecule has 0 spiro atoms. The molecule has 0 fully saturated rings. The van der Waals surface area contributed by atoms with E-state index in [0.29, 0.717) is 6.54 Å². The summed E-state index contributed by atoms with van der Waals surface area (Å²) in [4.78, 5) is 13.4. The number of aliphatic imine (C=N–C) groups is 1. The molecule has 0 bridgehead atoms. The monoisotopic (exact) mass is 175 g/mol. The first-order valence-electron chi connectivity index (χ1n) is 4.48. The van der Waals surface area contributed by atoms with Gasteiger partial charge in [-0.1, -0.05) is 37.6 Å². The van der Waals surface area contributed by atoms with Crippen molar-refractivity contribution >= 4 is 6.08 Å². The fourth-order valence-electron chi connectivity index (χ4n) is 1.30. The fraction of sp³-hybridized carbons (Fsp3) is 0.364. The topological polar surface area (TPSA) is 29.4 Å². The van der Waals surface area contributed by atoms with E-state index in [0.717, 1.165) is 18.4 Å². The number of aryl methyl sites for hydroxylation is 1. The maximum absolute atomic E-state index is 9.90. The number of nitrogens with zero attached hydrogens (tertiary/aromatic N) is 1. The van der Waals surface area contributed by atoms with Crippen LogP contribution in [-0.2, 0) is 17.8 Å². The molecule has 1 aromatic rings. The summed E-state index contributed by atoms with van der Waals surface area (Å²) >= 11 is 0. The smallest absolute Gasteiger partial charge is 0.211 e. The van der Waals surface area contributed by atoms with Gasteiger partial charge in [-0.2, -0.15) is 0 Å². The van der Waals surface area contributed by atoms with E-state index < -0.39 is 0 Å². The highest BCUT2D eigenvalue weighted by molar-refractivity contribution is 5.34. The Balaban J connectivity index is 2.72. The summed E-state index contributed by atoms with van der Waals surface area (Å²) in [6.45, 7) is 2.59. The van der Waals surface area contributed by atoms with E-state index in [1.807, 2.05) is 12.1 Å². The number of hydrogen-bond acceptors (Lipinski definition) is 2. The van der Waals surface area contributed by atoms with E-state index in [-0.39, 0.29) is 0 Å². The predicted octanol–water partition coefficient (Wildman–Crippen LogP) is 2.47. The van der Waals surface area contributed by atoms with Crippen molar-refractivity contribution in [2.24, 2.45) is 4.99 Å². The molecule has 2 nitrogen and oxygen atoms in total. The second kappa shape index (κ2) is 5.28. The summed E-state index contributed by atoms with van der Waals surface area (Å²) < 4.78 is 0. The molecular weight excluding hydrogens is 162 g/mol. The van der Waals surface area contributed by atoms with Crippen LogP contribution in [0.4, 0.5) is 0 Å². The summed E-state index contributed by atoms with van der Waals surface area (Å²) in [7, 11) is 0. The van der Waals surface area contributed by atoms with E-state index >= 15 is 0 Å². The fourth-order valence-corrected chi connectivity index (χ4v) is 1.30. The Labute approximate surface area is 78.3 Å². The summed E-state index contributed by atoms with van der Waals surface area (Å²) in [6.07, 6.45) is 3.76. The molecule has 0 aliphatic carbocycles. The zero-order chi connectivity index (χ0) is 9.52. The van der Waals surface area contributed by atoms with Crippen molar-refractivity contribution in [3.63, 3.8) is 0 Å². The minimum Gasteiger partial charge on any atom is -0.211 e. The summed E-state index contributed by atoms with van der Waals surface area (Å²) in [5, 5.41) is 0. The van der Waals surface area contributed by atoms with Crippen molar-refractivity contribution in [1.82, 2.24) is 0 Å². The van der Waals surface area contributed by atoms with E-state index in [1.165, 1.54) is 5.56 Å². The van der Waals surface area contributed by atoms with Crippen molar-refractivity contribution in [2.75, 3.05) is 0 Å². The van der Waals surface area contributed by atoms with Gasteiger partial charge in [0.15, 0.2) is 0 Å². The lowest BCUT2D eigenvalue weighted by Crippen LogP contribution is -1.86. The molecule has 0 saturated carbocycles. The van der Waals surface area contributed by atoms with Gasteiger partial charge >= 0.3 is 0 Å². The molecule has 0 saturated heterocycles. The molecule has 0 heterocycles. The van der Waals surface area contributed by atoms with Crippen LogP contribution in [0, 0.1) is 0 Å². The third-order valence-electron chi connectivity index (χ3n) is 1.86. The molecule has 0 amide bonds. The van der Waals surface area contributed by atoms with Gasteiger partial charge in [-0.05, 0) is 17.5 Å². The van der Waals surface area contributed by atoms with Crippen molar-refractivity contribution in [1.29, 1.82) is 0 Å². The SMILES string of the molecule is CCCc1cccc(CN=C=O)c1. The van der Waals surface area contributed by atoms with Gasteiger partial charge in [0.05, 0.1) is 6.54 Å². The number of rotatable bonds is 4. The Bertz CT molecular complexity index is 314. The van der Waals surface area contributed by atoms with Crippen LogP contribution in [-0.4, -0.2) is 6.08 Å². The third-order valence-corrected chi connectivity index (χ3v) is 1.86. The number of hydrogen-bond donors (Lipinski definition) is 0. The van der Waals surface area contributed by atoms with E-state index in [4.69, 9.17) is 0 Å². The number of benzene rings is 1. The van der Waals surface area contributed by atoms with Crippen LogP contribution >= 0.6 is 0 Å². The lowest BCUT2D eigenvalue weighted by atomic mass is 10.1. The zero-order valence-corrected chi connectivity index (χ0v) is 7.79. The lowest BCUT2D eigenvalue weighted by Gasteiger charge is -2.00. The summed E-state index contributed by atoms with van der Waals surface area (Å²) in [6, 6.07) is 8.16. The second-order valence-electron chi connectivity index (χ2n) is 2.98. The first kappa shape index (κ1) is 9.69. The molecular formula is C11H13NO. The van der Waals surface area contributed by atoms with Crippen LogP contribution in [0.5, 0.6) is 0 Å². The van der Waals surface area contributed by atoms with Gasteiger partial charge in [0, 0.05) is 0 Å². The molecule has 0 aliphatic rings. The summed E-state index contributed by atoms with van der Waals surface area (Å²) in [5.74, 6) is 0. The lowest BCUT2D eigenvalue weighted by molar-refractivity contribution is 0.563. The van der Waals surface area contributed by atoms with Gasteiger partial charge in [0.2, 0.25) is 6.08 Å². The van der Waals surface area contributed by atoms with Gasteiger partial charge in [-0.25, -0.2) is 9.79 Å². The van der Waals surface area contributed by atoms with E-state index in [9.17, 15) is 4.79 Å². The average Bonchev–Trinajstić information content (AvgIpc) is 2.16. The third kappa shape index (κ3) is 3.22. The minimum absolute atomic E-state index is 0.445.